The maximum absolute atomic E-state index is 12.3. The number of esters is 5. The van der Waals surface area contributed by atoms with Gasteiger partial charge in [0.2, 0.25) is 0 Å². The number of rotatable bonds is 31. The molecule has 6 aromatic rings. The average molecular weight is 2050 g/mol. The van der Waals surface area contributed by atoms with Crippen LogP contribution in [0.3, 0.4) is 0 Å². The van der Waals surface area contributed by atoms with E-state index in [1.165, 1.54) is 156 Å². The van der Waals surface area contributed by atoms with E-state index in [1.54, 1.807) is 60.7 Å². The van der Waals surface area contributed by atoms with Crippen LogP contribution in [0.4, 0.5) is 4.79 Å². The number of phenolic OH excluding ortho intramolecular Hbond substituents is 4. The van der Waals surface area contributed by atoms with Crippen molar-refractivity contribution in [3.8, 4) is 34.5 Å². The molecule has 4 N–H and O–H groups in total. The van der Waals surface area contributed by atoms with Gasteiger partial charge in [-0.1, -0.05) is 211 Å². The summed E-state index contributed by atoms with van der Waals surface area (Å²) in [5, 5.41) is 36.0. The van der Waals surface area contributed by atoms with Crippen LogP contribution in [-0.4, -0.2) is 105 Å². The molecule has 12 bridgehead atoms. The fourth-order valence-corrected chi connectivity index (χ4v) is 23.4. The number of aromatic hydroxyl groups is 4. The second-order valence-corrected chi connectivity index (χ2v) is 47.0. The van der Waals surface area contributed by atoms with E-state index in [0.717, 1.165) is 112 Å². The Morgan fingerprint density at radius 3 is 0.824 bits per heavy atom. The van der Waals surface area contributed by atoms with E-state index in [-0.39, 0.29) is 82.9 Å². The number of carbonyl (C=O) groups is 6. The molecule has 148 heavy (non-hydrogen) atoms. The number of phenols is 4. The monoisotopic (exact) mass is 2050 g/mol. The van der Waals surface area contributed by atoms with Gasteiger partial charge in [0.05, 0.1) is 30.3 Å². The average Bonchev–Trinajstić information content (AvgIpc) is 0.736. The quantitative estimate of drug-likeness (QED) is 0.0136. The van der Waals surface area contributed by atoms with Crippen molar-refractivity contribution in [2.75, 3.05) is 20.3 Å². The minimum atomic E-state index is -0.689. The first-order chi connectivity index (χ1) is 70.1. The highest BCUT2D eigenvalue weighted by molar-refractivity contribution is 5.80. The number of benzene rings is 6. The van der Waals surface area contributed by atoms with Crippen molar-refractivity contribution in [3.05, 3.63) is 179 Å². The third-order valence-electron chi connectivity index (χ3n) is 35.8. The summed E-state index contributed by atoms with van der Waals surface area (Å²) in [6, 6.07) is 45.5. The molecule has 19 nitrogen and oxygen atoms in total. The Labute approximate surface area is 894 Å². The lowest BCUT2D eigenvalue weighted by atomic mass is 9.50. The van der Waals surface area contributed by atoms with E-state index < -0.39 is 11.6 Å². The summed E-state index contributed by atoms with van der Waals surface area (Å²) in [5.41, 5.74) is 6.43. The molecule has 828 valence electrons. The Kier molecular flexibility index (Phi) is 51.8. The Bertz CT molecular complexity index is 4480. The molecule has 0 spiro atoms. The number of carbonyl (C=O) groups excluding carboxylic acids is 6. The molecular formula is C129H198O19. The van der Waals surface area contributed by atoms with Crippen molar-refractivity contribution in [2.24, 2.45) is 94.2 Å². The first-order valence-corrected chi connectivity index (χ1v) is 57.6. The summed E-state index contributed by atoms with van der Waals surface area (Å²) in [4.78, 5) is 71.0. The molecule has 19 rings (SSSR count). The first-order valence-electron chi connectivity index (χ1n) is 57.6. The Morgan fingerprint density at radius 1 is 0.331 bits per heavy atom. The second-order valence-electron chi connectivity index (χ2n) is 47.0. The lowest BCUT2D eigenvalue weighted by molar-refractivity contribution is -0.208. The van der Waals surface area contributed by atoms with Gasteiger partial charge >= 0.3 is 36.0 Å². The Hall–Kier alpha value is -9.10. The number of hydrogen-bond acceptors (Lipinski definition) is 19. The molecule has 13 fully saturated rings. The maximum Gasteiger partial charge on any atom is 0.513 e. The molecule has 0 heterocycles. The van der Waals surface area contributed by atoms with Crippen molar-refractivity contribution < 1.29 is 91.8 Å². The van der Waals surface area contributed by atoms with Gasteiger partial charge in [-0.25, -0.2) is 9.59 Å². The molecular weight excluding hydrogens is 1850 g/mol. The highest BCUT2D eigenvalue weighted by Gasteiger charge is 2.60. The smallest absolute Gasteiger partial charge is 0.508 e. The fraction of sp³-hybridized carbons (Fsp3) is 0.674. The van der Waals surface area contributed by atoms with Gasteiger partial charge in [0.25, 0.3) is 0 Å². The predicted molar refractivity (Wildman–Crippen MR) is 598 cm³/mol. The van der Waals surface area contributed by atoms with Crippen LogP contribution in [0.15, 0.2) is 146 Å². The molecule has 13 saturated carbocycles. The number of ether oxygens (including phenoxy) is 9. The van der Waals surface area contributed by atoms with Gasteiger partial charge in [-0.05, 0) is 454 Å². The maximum atomic E-state index is 12.3. The van der Waals surface area contributed by atoms with Crippen LogP contribution in [0, 0.1) is 94.2 Å². The molecule has 0 saturated heterocycles. The SMILES string of the molecule is CCC(C)(C)C(=O)OCC(=O)OC1(C)C2CC3CC(C2)CC1C3.CCC(C)C(=O)OC1(C)C2CC3CC(C2)CC1C3.CCC(C)C(=O)OC1(C)C2CC3CC(C2)CC1C3.CCC(C)C(=O)OC1(C)CCCCC1.CCC(C)c1ccc(O)cc1.CCC(C)c1ccc(O)cc1.CCC(C)c1ccc(O)cc1.CCC(C)c1ccc(O)cc1.CCC(C)c1ccc(OC(=O)OC)cc1.CCOC(C)Oc1ccc(C(C)CC)cc1. The molecule has 0 aromatic heterocycles. The lowest BCUT2D eigenvalue weighted by Gasteiger charge is -2.59. The summed E-state index contributed by atoms with van der Waals surface area (Å²) in [6.07, 6.45) is 34.5. The van der Waals surface area contributed by atoms with E-state index in [1.807, 2.05) is 135 Å². The van der Waals surface area contributed by atoms with E-state index >= 15 is 0 Å². The number of hydrogen-bond donors (Lipinski definition) is 4. The zero-order valence-electron chi connectivity index (χ0n) is 96.6. The summed E-state index contributed by atoms with van der Waals surface area (Å²) in [6.45, 7) is 56.7. The van der Waals surface area contributed by atoms with Crippen LogP contribution in [0.2, 0.25) is 0 Å². The zero-order chi connectivity index (χ0) is 110. The van der Waals surface area contributed by atoms with E-state index in [9.17, 15) is 28.8 Å². The fourth-order valence-electron chi connectivity index (χ4n) is 23.4. The minimum Gasteiger partial charge on any atom is -0.508 e. The number of methoxy groups -OCH3 is 1. The standard InChI is InChI=1S/C19H30O4.2C16H26O2.C14H22O2.C12H16O3.C12H22O2.4C10H14O/c1-5-18(2,3)17(21)22-11-16(20)23-19(4)14-7-12-6-13(9-14)10-15(19)8-12;2*1-4-10(2)15(17)18-16(3)13-6-11-5-12(8-13)9-14(16)7-11;1-5-11(3)13-7-9-14(10-8-13)16-12(4)15-6-2;1-4-9(2)10-5-7-11(8-6-10)15-12(13)14-3;1-4-10(2)11(13)14-12(3)8-6-5-7-9-12;4*1-3-8(2)9-4-6-10(11)7-5-9/h12-15H,5-11H2,1-4H3;2*10-14H,4-9H2,1-3H3;7-12H,5-6H2,1-4H3;5-9H,4H2,1-3H3;10H,4-9H2,1-3H3;4*4-8,11H,3H2,1-2H3. The molecule has 19 heteroatoms. The van der Waals surface area contributed by atoms with Crippen molar-refractivity contribution in [1.29, 1.82) is 0 Å². The molecule has 10 unspecified atom stereocenters. The third-order valence-corrected chi connectivity index (χ3v) is 35.8. The van der Waals surface area contributed by atoms with Crippen LogP contribution in [0.1, 0.15) is 448 Å². The molecule has 6 aromatic carbocycles. The van der Waals surface area contributed by atoms with E-state index in [0.29, 0.717) is 113 Å². The normalized spacial score (nSPS) is 26.2. The molecule has 10 atom stereocenters. The zero-order valence-corrected chi connectivity index (χ0v) is 96.6. The minimum absolute atomic E-state index is 0.0168. The van der Waals surface area contributed by atoms with Crippen LogP contribution >= 0.6 is 0 Å². The second kappa shape index (κ2) is 61.0. The molecule has 13 aliphatic carbocycles. The van der Waals surface area contributed by atoms with Gasteiger partial charge < -0.3 is 63.1 Å². The van der Waals surface area contributed by atoms with Crippen LogP contribution < -0.4 is 9.47 Å². The van der Waals surface area contributed by atoms with Crippen molar-refractivity contribution in [1.82, 2.24) is 0 Å². The van der Waals surface area contributed by atoms with E-state index in [2.05, 4.69) is 141 Å². The predicted octanol–water partition coefficient (Wildman–Crippen LogP) is 33.5. The summed E-state index contributed by atoms with van der Waals surface area (Å²) < 4.78 is 48.9. The molecule has 0 amide bonds. The van der Waals surface area contributed by atoms with Crippen molar-refractivity contribution in [2.45, 2.75) is 444 Å². The van der Waals surface area contributed by atoms with Gasteiger partial charge in [-0.3, -0.25) is 19.2 Å². The van der Waals surface area contributed by atoms with Gasteiger partial charge in [0.1, 0.15) is 56.9 Å². The third kappa shape index (κ3) is 38.0. The Morgan fingerprint density at radius 2 is 0.581 bits per heavy atom. The van der Waals surface area contributed by atoms with Crippen LogP contribution in [0.5, 0.6) is 34.5 Å². The summed E-state index contributed by atoms with van der Waals surface area (Å²) in [7, 11) is 1.29. The summed E-state index contributed by atoms with van der Waals surface area (Å²) in [5.74, 6) is 14.7. The van der Waals surface area contributed by atoms with Crippen molar-refractivity contribution in [3.63, 3.8) is 0 Å². The van der Waals surface area contributed by atoms with Gasteiger partial charge in [0.15, 0.2) is 12.9 Å². The topological polar surface area (TPSA) is 266 Å². The van der Waals surface area contributed by atoms with Gasteiger partial charge in [-0.15, -0.1) is 0 Å². The van der Waals surface area contributed by atoms with E-state index in [4.69, 9.17) is 58.3 Å². The van der Waals surface area contributed by atoms with Crippen LogP contribution in [0.25, 0.3) is 0 Å². The summed E-state index contributed by atoms with van der Waals surface area (Å²) >= 11 is 0. The first kappa shape index (κ1) is 126. The van der Waals surface area contributed by atoms with Crippen LogP contribution in [-0.2, 0) is 57.1 Å². The largest absolute Gasteiger partial charge is 0.513 e. The molecule has 0 radical (unpaired) electrons. The van der Waals surface area contributed by atoms with Gasteiger partial charge in [0, 0.05) is 6.61 Å². The molecule has 0 aliphatic heterocycles. The lowest BCUT2D eigenvalue weighted by Crippen LogP contribution is -2.58. The highest BCUT2D eigenvalue weighted by Crippen LogP contribution is 2.63. The Balaban J connectivity index is 0.000000225. The van der Waals surface area contributed by atoms with Crippen molar-refractivity contribution >= 4 is 36.0 Å². The van der Waals surface area contributed by atoms with Gasteiger partial charge in [-0.2, -0.15) is 0 Å². The molecule has 13 aliphatic rings. The highest BCUT2D eigenvalue weighted by atomic mass is 16.7.